The van der Waals surface area contributed by atoms with Crippen molar-refractivity contribution in [3.8, 4) is 0 Å². The van der Waals surface area contributed by atoms with Crippen molar-refractivity contribution >= 4 is 27.5 Å². The Morgan fingerprint density at radius 2 is 1.93 bits per heavy atom. The minimum absolute atomic E-state index is 0.105. The first-order chi connectivity index (χ1) is 12.4. The summed E-state index contributed by atoms with van der Waals surface area (Å²) in [4.78, 5) is 25.3. The summed E-state index contributed by atoms with van der Waals surface area (Å²) in [5.41, 5.74) is 1.09. The van der Waals surface area contributed by atoms with Gasteiger partial charge in [0, 0.05) is 18.8 Å². The fourth-order valence-corrected chi connectivity index (χ4v) is 4.13. The molecule has 1 heterocycles. The number of piperidine rings is 1. The Kier molecular flexibility index (Phi) is 6.19. The van der Waals surface area contributed by atoms with E-state index in [-0.39, 0.29) is 24.2 Å². The Morgan fingerprint density at radius 3 is 2.52 bits per heavy atom. The van der Waals surface area contributed by atoms with Crippen molar-refractivity contribution < 1.29 is 23.1 Å². The summed E-state index contributed by atoms with van der Waals surface area (Å²) >= 11 is 0. The van der Waals surface area contributed by atoms with E-state index in [0.717, 1.165) is 0 Å². The lowest BCUT2D eigenvalue weighted by Gasteiger charge is -2.34. The van der Waals surface area contributed by atoms with Gasteiger partial charge in [0.15, 0.2) is 9.84 Å². The fourth-order valence-electron chi connectivity index (χ4n) is 3.07. The van der Waals surface area contributed by atoms with Crippen LogP contribution in [0.3, 0.4) is 0 Å². The lowest BCUT2D eigenvalue weighted by atomic mass is 9.91. The molecule has 2 atom stereocenters. The van der Waals surface area contributed by atoms with Crippen LogP contribution in [0.1, 0.15) is 39.7 Å². The third-order valence-electron chi connectivity index (χ3n) is 4.76. The highest BCUT2D eigenvalue weighted by Gasteiger charge is 2.32. The minimum Gasteiger partial charge on any atom is -0.481 e. The number of hydrogen-bond donors (Lipinski definition) is 2. The first kappa shape index (κ1) is 21.2. The molecule has 150 valence electrons. The third-order valence-corrected chi connectivity index (χ3v) is 7.34. The smallest absolute Gasteiger partial charge is 0.321 e. The number of nitrogens with one attached hydrogen (secondary N) is 1. The predicted molar refractivity (Wildman–Crippen MR) is 104 cm³/mol. The molecule has 2 rings (SSSR count). The summed E-state index contributed by atoms with van der Waals surface area (Å²) < 4.78 is 23.9. The molecule has 2 unspecified atom stereocenters. The maximum Gasteiger partial charge on any atom is 0.321 e. The molecule has 2 N–H and O–H groups in total. The second-order valence-electron chi connectivity index (χ2n) is 8.28. The molecule has 1 aliphatic rings. The Labute approximate surface area is 160 Å². The molecular formula is C19H28N2O5S. The molecule has 7 nitrogen and oxygen atoms in total. The second-order valence-corrected chi connectivity index (χ2v) is 11.0. The van der Waals surface area contributed by atoms with Crippen LogP contribution in [0.5, 0.6) is 0 Å². The van der Waals surface area contributed by atoms with Gasteiger partial charge in [-0.05, 0) is 50.8 Å². The van der Waals surface area contributed by atoms with E-state index >= 15 is 0 Å². The number of hydrogen-bond acceptors (Lipinski definition) is 4. The molecule has 0 saturated carbocycles. The van der Waals surface area contributed by atoms with E-state index < -0.39 is 26.5 Å². The zero-order valence-corrected chi connectivity index (χ0v) is 17.0. The number of sulfone groups is 1. The largest absolute Gasteiger partial charge is 0.481 e. The number of carboxylic acids is 1. The van der Waals surface area contributed by atoms with Gasteiger partial charge in [0.05, 0.1) is 16.4 Å². The summed E-state index contributed by atoms with van der Waals surface area (Å²) in [5.74, 6) is -1.47. The topological polar surface area (TPSA) is 104 Å². The number of carbonyl (C=O) groups is 2. The minimum atomic E-state index is -3.33. The van der Waals surface area contributed by atoms with Crippen LogP contribution >= 0.6 is 0 Å². The SMILES string of the molecule is CC1CC(C(=O)O)CN(C(=O)Nc2cccc(CS(=O)(=O)C(C)(C)C)c2)C1. The van der Waals surface area contributed by atoms with E-state index in [1.165, 1.54) is 4.90 Å². The van der Waals surface area contributed by atoms with Gasteiger partial charge in [0.1, 0.15) is 0 Å². The van der Waals surface area contributed by atoms with Crippen molar-refractivity contribution in [1.29, 1.82) is 0 Å². The number of likely N-dealkylation sites (tertiary alicyclic amines) is 1. The van der Waals surface area contributed by atoms with Crippen molar-refractivity contribution in [3.63, 3.8) is 0 Å². The van der Waals surface area contributed by atoms with Gasteiger partial charge >= 0.3 is 12.0 Å². The molecule has 1 saturated heterocycles. The Hall–Kier alpha value is -2.09. The predicted octanol–water partition coefficient (Wildman–Crippen LogP) is 2.97. The normalized spacial score (nSPS) is 21.0. The number of amides is 2. The van der Waals surface area contributed by atoms with Crippen LogP contribution < -0.4 is 5.32 Å². The Morgan fingerprint density at radius 1 is 1.26 bits per heavy atom. The van der Waals surface area contributed by atoms with Gasteiger partial charge in [-0.25, -0.2) is 13.2 Å². The van der Waals surface area contributed by atoms with Crippen LogP contribution in [0.4, 0.5) is 10.5 Å². The molecule has 27 heavy (non-hydrogen) atoms. The van der Waals surface area contributed by atoms with E-state index in [9.17, 15) is 23.1 Å². The van der Waals surface area contributed by atoms with Crippen LogP contribution in [0.15, 0.2) is 24.3 Å². The number of nitrogens with zero attached hydrogens (tertiary/aromatic N) is 1. The average molecular weight is 397 g/mol. The number of benzene rings is 1. The highest BCUT2D eigenvalue weighted by atomic mass is 32.2. The number of urea groups is 1. The Bertz CT molecular complexity index is 814. The first-order valence-electron chi connectivity index (χ1n) is 8.99. The van der Waals surface area contributed by atoms with Gasteiger partial charge in [-0.15, -0.1) is 0 Å². The first-order valence-corrected chi connectivity index (χ1v) is 10.6. The van der Waals surface area contributed by atoms with Crippen molar-refractivity contribution in [2.24, 2.45) is 11.8 Å². The maximum atomic E-state index is 12.5. The molecule has 1 fully saturated rings. The van der Waals surface area contributed by atoms with Crippen LogP contribution in [-0.4, -0.2) is 48.3 Å². The van der Waals surface area contributed by atoms with Crippen LogP contribution in [0.25, 0.3) is 0 Å². The van der Waals surface area contributed by atoms with E-state index in [1.54, 1.807) is 45.0 Å². The average Bonchev–Trinajstić information content (AvgIpc) is 2.53. The molecule has 0 aliphatic carbocycles. The van der Waals surface area contributed by atoms with E-state index in [4.69, 9.17) is 0 Å². The van der Waals surface area contributed by atoms with Crippen molar-refractivity contribution in [1.82, 2.24) is 4.90 Å². The zero-order chi connectivity index (χ0) is 20.4. The molecule has 8 heteroatoms. The van der Waals surface area contributed by atoms with Crippen molar-refractivity contribution in [2.45, 2.75) is 44.6 Å². The van der Waals surface area contributed by atoms with Crippen molar-refractivity contribution in [2.75, 3.05) is 18.4 Å². The summed E-state index contributed by atoms with van der Waals surface area (Å²) in [6.45, 7) is 7.56. The molecule has 1 aliphatic heterocycles. The molecule has 0 radical (unpaired) electrons. The van der Waals surface area contributed by atoms with Gasteiger partial charge < -0.3 is 15.3 Å². The second kappa shape index (κ2) is 7.88. The lowest BCUT2D eigenvalue weighted by Crippen LogP contribution is -2.47. The van der Waals surface area contributed by atoms with Gasteiger partial charge in [0.2, 0.25) is 0 Å². The van der Waals surface area contributed by atoms with Gasteiger partial charge in [-0.3, -0.25) is 4.79 Å². The maximum absolute atomic E-state index is 12.5. The lowest BCUT2D eigenvalue weighted by molar-refractivity contribution is -0.143. The number of anilines is 1. The molecule has 1 aromatic rings. The zero-order valence-electron chi connectivity index (χ0n) is 16.2. The fraction of sp³-hybridized carbons (Fsp3) is 0.579. The standard InChI is InChI=1S/C19H28N2O5S/c1-13-8-15(17(22)23)11-21(10-13)18(24)20-16-7-5-6-14(9-16)12-27(25,26)19(2,3)4/h5-7,9,13,15H,8,10-12H2,1-4H3,(H,20,24)(H,22,23). The van der Waals surface area contributed by atoms with E-state index in [2.05, 4.69) is 5.32 Å². The van der Waals surface area contributed by atoms with Gasteiger partial charge in [0.25, 0.3) is 0 Å². The molecule has 0 bridgehead atoms. The highest BCUT2D eigenvalue weighted by Crippen LogP contribution is 2.24. The summed E-state index contributed by atoms with van der Waals surface area (Å²) in [5, 5.41) is 12.0. The summed E-state index contributed by atoms with van der Waals surface area (Å²) in [7, 11) is -3.33. The van der Waals surface area contributed by atoms with Gasteiger partial charge in [-0.2, -0.15) is 0 Å². The molecule has 2 amide bonds. The van der Waals surface area contributed by atoms with E-state index in [0.29, 0.717) is 24.2 Å². The van der Waals surface area contributed by atoms with Crippen LogP contribution in [0, 0.1) is 11.8 Å². The molecular weight excluding hydrogens is 368 g/mol. The number of carboxylic acid groups (broad SMARTS) is 1. The number of aliphatic carboxylic acids is 1. The Balaban J connectivity index is 2.09. The molecule has 0 spiro atoms. The molecule has 1 aromatic carbocycles. The van der Waals surface area contributed by atoms with E-state index in [1.807, 2.05) is 6.92 Å². The monoisotopic (exact) mass is 396 g/mol. The third kappa shape index (κ3) is 5.45. The van der Waals surface area contributed by atoms with Crippen molar-refractivity contribution in [3.05, 3.63) is 29.8 Å². The van der Waals surface area contributed by atoms with Crippen LogP contribution in [0.2, 0.25) is 0 Å². The quantitative estimate of drug-likeness (QED) is 0.814. The molecule has 0 aromatic heterocycles. The van der Waals surface area contributed by atoms with Gasteiger partial charge in [-0.1, -0.05) is 19.1 Å². The summed E-state index contributed by atoms with van der Waals surface area (Å²) in [6, 6.07) is 6.37. The number of carbonyl (C=O) groups excluding carboxylic acids is 1. The summed E-state index contributed by atoms with van der Waals surface area (Å²) in [6.07, 6.45) is 0.555. The highest BCUT2D eigenvalue weighted by molar-refractivity contribution is 7.91. The number of rotatable bonds is 4. The van der Waals surface area contributed by atoms with Crippen LogP contribution in [-0.2, 0) is 20.4 Å².